The molecule has 2 aromatic rings. The highest BCUT2D eigenvalue weighted by molar-refractivity contribution is 5.64. The van der Waals surface area contributed by atoms with Crippen LogP contribution >= 0.6 is 0 Å². The zero-order valence-corrected chi connectivity index (χ0v) is 8.78. The van der Waals surface area contributed by atoms with Crippen LogP contribution in [0.3, 0.4) is 0 Å². The highest BCUT2D eigenvalue weighted by Gasteiger charge is 2.05. The lowest BCUT2D eigenvalue weighted by Crippen LogP contribution is -1.90. The van der Waals surface area contributed by atoms with Gasteiger partial charge in [-0.2, -0.15) is 5.10 Å². The Kier molecular flexibility index (Phi) is 2.12. The zero-order valence-electron chi connectivity index (χ0n) is 8.78. The van der Waals surface area contributed by atoms with E-state index in [4.69, 9.17) is 0 Å². The van der Waals surface area contributed by atoms with Crippen molar-refractivity contribution in [1.29, 1.82) is 0 Å². The van der Waals surface area contributed by atoms with Gasteiger partial charge in [0.05, 0.1) is 5.69 Å². The van der Waals surface area contributed by atoms with Crippen molar-refractivity contribution in [1.82, 2.24) is 9.78 Å². The van der Waals surface area contributed by atoms with E-state index >= 15 is 0 Å². The lowest BCUT2D eigenvalue weighted by Gasteiger charge is -2.05. The lowest BCUT2D eigenvalue weighted by molar-refractivity contribution is 0.770. The molecule has 2 heteroatoms. The molecule has 0 atom stereocenters. The average molecular weight is 186 g/mol. The second-order valence-corrected chi connectivity index (χ2v) is 3.62. The first-order valence-electron chi connectivity index (χ1n) is 4.75. The maximum absolute atomic E-state index is 4.40. The largest absolute Gasteiger partial charge is 0.275 e. The number of hydrogen-bond acceptors (Lipinski definition) is 1. The average Bonchev–Trinajstić information content (AvgIpc) is 2.57. The normalized spacial score (nSPS) is 10.5. The molecule has 1 aromatic carbocycles. The number of benzene rings is 1. The molecule has 1 aromatic heterocycles. The minimum atomic E-state index is 1.05. The lowest BCUT2D eigenvalue weighted by atomic mass is 10.0. The molecule has 0 aliphatic heterocycles. The van der Waals surface area contributed by atoms with Crippen LogP contribution in [0.2, 0.25) is 0 Å². The Bertz CT molecular complexity index is 455. The Hall–Kier alpha value is -1.57. The molecular weight excluding hydrogens is 172 g/mol. The summed E-state index contributed by atoms with van der Waals surface area (Å²) in [5, 5.41) is 4.40. The predicted molar refractivity (Wildman–Crippen MR) is 58.1 cm³/mol. The van der Waals surface area contributed by atoms with Crippen molar-refractivity contribution in [2.75, 3.05) is 0 Å². The first-order chi connectivity index (χ1) is 6.68. The number of aryl methyl sites for hydroxylation is 2. The van der Waals surface area contributed by atoms with Crippen molar-refractivity contribution in [2.45, 2.75) is 13.8 Å². The summed E-state index contributed by atoms with van der Waals surface area (Å²) in [5.74, 6) is 0. The van der Waals surface area contributed by atoms with Crippen LogP contribution in [0.1, 0.15) is 11.1 Å². The van der Waals surface area contributed by atoms with Crippen molar-refractivity contribution in [3.05, 3.63) is 41.6 Å². The van der Waals surface area contributed by atoms with E-state index in [0.717, 1.165) is 5.69 Å². The van der Waals surface area contributed by atoms with Gasteiger partial charge >= 0.3 is 0 Å². The van der Waals surface area contributed by atoms with Gasteiger partial charge in [-0.05, 0) is 31.0 Å². The van der Waals surface area contributed by atoms with Crippen molar-refractivity contribution in [3.8, 4) is 11.3 Å². The molecule has 14 heavy (non-hydrogen) atoms. The van der Waals surface area contributed by atoms with E-state index in [-0.39, 0.29) is 0 Å². The van der Waals surface area contributed by atoms with Gasteiger partial charge in [-0.3, -0.25) is 4.68 Å². The minimum absolute atomic E-state index is 1.05. The number of rotatable bonds is 1. The van der Waals surface area contributed by atoms with E-state index in [9.17, 15) is 0 Å². The van der Waals surface area contributed by atoms with Gasteiger partial charge in [0, 0.05) is 18.8 Å². The maximum Gasteiger partial charge on any atom is 0.0925 e. The monoisotopic (exact) mass is 186 g/mol. The zero-order chi connectivity index (χ0) is 10.1. The van der Waals surface area contributed by atoms with Gasteiger partial charge in [0.2, 0.25) is 0 Å². The first-order valence-corrected chi connectivity index (χ1v) is 4.75. The molecule has 0 spiro atoms. The van der Waals surface area contributed by atoms with Crippen molar-refractivity contribution in [2.24, 2.45) is 7.05 Å². The SMILES string of the molecule is Cc1cccc(-c2ccn(C)n2)c1C. The summed E-state index contributed by atoms with van der Waals surface area (Å²) < 4.78 is 1.83. The molecule has 2 nitrogen and oxygen atoms in total. The summed E-state index contributed by atoms with van der Waals surface area (Å²) in [4.78, 5) is 0. The van der Waals surface area contributed by atoms with E-state index < -0.39 is 0 Å². The Labute approximate surface area is 84.2 Å². The van der Waals surface area contributed by atoms with E-state index in [1.807, 2.05) is 24.0 Å². The topological polar surface area (TPSA) is 17.8 Å². The predicted octanol–water partition coefficient (Wildman–Crippen LogP) is 2.70. The third-order valence-corrected chi connectivity index (χ3v) is 2.59. The molecular formula is C12H14N2. The van der Waals surface area contributed by atoms with Gasteiger partial charge in [0.1, 0.15) is 0 Å². The third kappa shape index (κ3) is 1.43. The fourth-order valence-corrected chi connectivity index (χ4v) is 1.59. The van der Waals surface area contributed by atoms with Crippen molar-refractivity contribution >= 4 is 0 Å². The highest BCUT2D eigenvalue weighted by Crippen LogP contribution is 2.23. The van der Waals surface area contributed by atoms with Crippen LogP contribution in [0, 0.1) is 13.8 Å². The van der Waals surface area contributed by atoms with E-state index in [0.29, 0.717) is 0 Å². The van der Waals surface area contributed by atoms with Crippen molar-refractivity contribution < 1.29 is 0 Å². The van der Waals surface area contributed by atoms with Gasteiger partial charge in [-0.25, -0.2) is 0 Å². The maximum atomic E-state index is 4.40. The quantitative estimate of drug-likeness (QED) is 0.669. The van der Waals surface area contributed by atoms with Crippen LogP contribution in [0.4, 0.5) is 0 Å². The summed E-state index contributed by atoms with van der Waals surface area (Å²) >= 11 is 0. The van der Waals surface area contributed by atoms with Crippen LogP contribution in [0.15, 0.2) is 30.5 Å². The first kappa shape index (κ1) is 9.00. The molecule has 0 aliphatic carbocycles. The Morgan fingerprint density at radius 3 is 2.57 bits per heavy atom. The fourth-order valence-electron chi connectivity index (χ4n) is 1.59. The number of nitrogens with zero attached hydrogens (tertiary/aromatic N) is 2. The molecule has 0 fully saturated rings. The van der Waals surface area contributed by atoms with Crippen molar-refractivity contribution in [3.63, 3.8) is 0 Å². The molecule has 2 rings (SSSR count). The second-order valence-electron chi connectivity index (χ2n) is 3.62. The molecule has 0 aliphatic rings. The van der Waals surface area contributed by atoms with Crippen LogP contribution in [-0.4, -0.2) is 9.78 Å². The van der Waals surface area contributed by atoms with Crippen LogP contribution < -0.4 is 0 Å². The summed E-state index contributed by atoms with van der Waals surface area (Å²) in [6.07, 6.45) is 1.97. The molecule has 0 saturated heterocycles. The summed E-state index contributed by atoms with van der Waals surface area (Å²) in [7, 11) is 1.94. The van der Waals surface area contributed by atoms with E-state index in [1.165, 1.54) is 16.7 Å². The molecule has 0 amide bonds. The molecule has 0 N–H and O–H groups in total. The standard InChI is InChI=1S/C12H14N2/c1-9-5-4-6-11(10(9)2)12-7-8-14(3)13-12/h4-8H,1-3H3. The highest BCUT2D eigenvalue weighted by atomic mass is 15.2. The van der Waals surface area contributed by atoms with Gasteiger partial charge in [-0.1, -0.05) is 18.2 Å². The number of aromatic nitrogens is 2. The fraction of sp³-hybridized carbons (Fsp3) is 0.250. The Morgan fingerprint density at radius 2 is 1.93 bits per heavy atom. The summed E-state index contributed by atoms with van der Waals surface area (Å²) in [6, 6.07) is 8.36. The van der Waals surface area contributed by atoms with Gasteiger partial charge in [0.25, 0.3) is 0 Å². The number of hydrogen-bond donors (Lipinski definition) is 0. The molecule has 0 radical (unpaired) electrons. The smallest absolute Gasteiger partial charge is 0.0925 e. The van der Waals surface area contributed by atoms with Gasteiger partial charge < -0.3 is 0 Å². The van der Waals surface area contributed by atoms with Gasteiger partial charge in [-0.15, -0.1) is 0 Å². The minimum Gasteiger partial charge on any atom is -0.275 e. The molecule has 0 bridgehead atoms. The molecule has 72 valence electrons. The second kappa shape index (κ2) is 3.29. The van der Waals surface area contributed by atoms with E-state index in [2.05, 4.69) is 37.1 Å². The van der Waals surface area contributed by atoms with Crippen LogP contribution in [0.5, 0.6) is 0 Å². The van der Waals surface area contributed by atoms with Crippen LogP contribution in [0.25, 0.3) is 11.3 Å². The summed E-state index contributed by atoms with van der Waals surface area (Å²) in [5.41, 5.74) is 4.90. The molecule has 0 unspecified atom stereocenters. The molecule has 1 heterocycles. The van der Waals surface area contributed by atoms with Gasteiger partial charge in [0.15, 0.2) is 0 Å². The summed E-state index contributed by atoms with van der Waals surface area (Å²) in [6.45, 7) is 4.27. The Balaban J connectivity index is 2.57. The Morgan fingerprint density at radius 1 is 1.14 bits per heavy atom. The van der Waals surface area contributed by atoms with E-state index in [1.54, 1.807) is 0 Å². The van der Waals surface area contributed by atoms with Crippen LogP contribution in [-0.2, 0) is 7.05 Å². The third-order valence-electron chi connectivity index (χ3n) is 2.59. The molecule has 0 saturated carbocycles.